The van der Waals surface area contributed by atoms with Crippen molar-refractivity contribution >= 4 is 17.5 Å². The second-order valence-electron chi connectivity index (χ2n) is 5.02. The average molecular weight is 218 g/mol. The van der Waals surface area contributed by atoms with Crippen LogP contribution in [0.2, 0.25) is 0 Å². The zero-order valence-corrected chi connectivity index (χ0v) is 10.0. The molecule has 1 aliphatic rings. The Hall–Kier alpha value is -0.240. The topological polar surface area (TPSA) is 29.1 Å². The first kappa shape index (κ1) is 11.8. The number of alkyl halides is 1. The summed E-state index contributed by atoms with van der Waals surface area (Å²) in [7, 11) is 0. The van der Waals surface area contributed by atoms with Gasteiger partial charge in [0.05, 0.1) is 0 Å². The summed E-state index contributed by atoms with van der Waals surface area (Å²) in [5.41, 5.74) is 0.260. The van der Waals surface area contributed by atoms with Crippen molar-refractivity contribution in [1.29, 1.82) is 0 Å². The average Bonchev–Trinajstić information content (AvgIpc) is 1.99. The maximum atomic E-state index is 11.2. The lowest BCUT2D eigenvalue weighted by atomic mass is 9.75. The summed E-state index contributed by atoms with van der Waals surface area (Å²) in [6, 6.07) is 0.272. The molecule has 14 heavy (non-hydrogen) atoms. The van der Waals surface area contributed by atoms with Gasteiger partial charge in [-0.3, -0.25) is 4.79 Å². The number of rotatable bonds is 2. The molecule has 1 amide bonds. The fourth-order valence-corrected chi connectivity index (χ4v) is 2.90. The molecular weight excluding hydrogens is 198 g/mol. The number of halogens is 1. The highest BCUT2D eigenvalue weighted by Gasteiger charge is 2.33. The molecule has 1 rings (SSSR count). The number of nitrogens with one attached hydrogen (secondary N) is 1. The van der Waals surface area contributed by atoms with Gasteiger partial charge in [0.1, 0.15) is 0 Å². The van der Waals surface area contributed by atoms with Crippen molar-refractivity contribution < 1.29 is 4.79 Å². The quantitative estimate of drug-likeness (QED) is 0.709. The molecule has 82 valence electrons. The van der Waals surface area contributed by atoms with Gasteiger partial charge in [-0.15, -0.1) is 11.6 Å². The van der Waals surface area contributed by atoms with Gasteiger partial charge in [-0.2, -0.15) is 0 Å². The van der Waals surface area contributed by atoms with Crippen molar-refractivity contribution in [3.05, 3.63) is 0 Å². The minimum Gasteiger partial charge on any atom is -0.353 e. The van der Waals surface area contributed by atoms with Crippen molar-refractivity contribution in [2.75, 3.05) is 0 Å². The van der Waals surface area contributed by atoms with Gasteiger partial charge in [-0.1, -0.05) is 20.8 Å². The highest BCUT2D eigenvalue weighted by atomic mass is 35.5. The molecule has 0 aliphatic heterocycles. The maximum absolute atomic E-state index is 11.2. The van der Waals surface area contributed by atoms with E-state index in [-0.39, 0.29) is 22.7 Å². The molecule has 0 aromatic carbocycles. The minimum absolute atomic E-state index is 0.136. The minimum atomic E-state index is 0.136. The van der Waals surface area contributed by atoms with Crippen LogP contribution in [-0.2, 0) is 4.79 Å². The smallest absolute Gasteiger partial charge is 0.219 e. The Morgan fingerprint density at radius 2 is 2.14 bits per heavy atom. The Labute approximate surface area is 91.4 Å². The van der Waals surface area contributed by atoms with Crippen LogP contribution in [0.3, 0.4) is 0 Å². The van der Waals surface area contributed by atoms with E-state index in [4.69, 9.17) is 11.6 Å². The zero-order chi connectivity index (χ0) is 10.8. The standard InChI is InChI=1S/C11H20ClNO/c1-4-10(14)13-9-5-8(12)6-11(2,3)7-9/h8-9H,4-7H2,1-3H3,(H,13,14). The Morgan fingerprint density at radius 3 is 2.64 bits per heavy atom. The summed E-state index contributed by atoms with van der Waals surface area (Å²) in [6.07, 6.45) is 3.57. The van der Waals surface area contributed by atoms with Gasteiger partial charge < -0.3 is 5.32 Å². The van der Waals surface area contributed by atoms with Crippen LogP contribution in [0.15, 0.2) is 0 Å². The number of hydrogen-bond acceptors (Lipinski definition) is 1. The monoisotopic (exact) mass is 217 g/mol. The lowest BCUT2D eigenvalue weighted by Gasteiger charge is -2.38. The predicted octanol–water partition coefficient (Wildman–Crippen LogP) is 2.70. The molecule has 0 bridgehead atoms. The SMILES string of the molecule is CCC(=O)NC1CC(Cl)CC(C)(C)C1. The van der Waals surface area contributed by atoms with E-state index in [2.05, 4.69) is 19.2 Å². The first-order valence-electron chi connectivity index (χ1n) is 5.36. The van der Waals surface area contributed by atoms with Gasteiger partial charge in [0.25, 0.3) is 0 Å². The van der Waals surface area contributed by atoms with E-state index in [0.717, 1.165) is 19.3 Å². The van der Waals surface area contributed by atoms with E-state index < -0.39 is 0 Å². The molecule has 0 heterocycles. The third-order valence-electron chi connectivity index (χ3n) is 2.80. The third kappa shape index (κ3) is 3.49. The molecular formula is C11H20ClNO. The van der Waals surface area contributed by atoms with E-state index in [1.165, 1.54) is 0 Å². The van der Waals surface area contributed by atoms with Crippen molar-refractivity contribution in [2.24, 2.45) is 5.41 Å². The summed E-state index contributed by atoms with van der Waals surface area (Å²) in [6.45, 7) is 6.31. The molecule has 2 unspecified atom stereocenters. The van der Waals surface area contributed by atoms with Crippen LogP contribution in [0, 0.1) is 5.41 Å². The lowest BCUT2D eigenvalue weighted by Crippen LogP contribution is -2.43. The van der Waals surface area contributed by atoms with E-state index in [1.807, 2.05) is 6.92 Å². The Bertz CT molecular complexity index is 215. The first-order valence-corrected chi connectivity index (χ1v) is 5.80. The molecule has 0 spiro atoms. The van der Waals surface area contributed by atoms with E-state index in [0.29, 0.717) is 6.42 Å². The molecule has 1 N–H and O–H groups in total. The van der Waals surface area contributed by atoms with Gasteiger partial charge in [0.15, 0.2) is 0 Å². The fourth-order valence-electron chi connectivity index (χ4n) is 2.27. The van der Waals surface area contributed by atoms with Gasteiger partial charge in [-0.25, -0.2) is 0 Å². The predicted molar refractivity (Wildman–Crippen MR) is 59.5 cm³/mol. The number of amides is 1. The van der Waals surface area contributed by atoms with Crippen molar-refractivity contribution in [3.63, 3.8) is 0 Å². The van der Waals surface area contributed by atoms with Crippen molar-refractivity contribution in [1.82, 2.24) is 5.32 Å². The molecule has 1 aliphatic carbocycles. The number of carbonyl (C=O) groups excluding carboxylic acids is 1. The highest BCUT2D eigenvalue weighted by Crippen LogP contribution is 2.37. The number of carbonyl (C=O) groups is 1. The Morgan fingerprint density at radius 1 is 1.50 bits per heavy atom. The molecule has 0 aromatic rings. The second kappa shape index (κ2) is 4.52. The van der Waals surface area contributed by atoms with Crippen LogP contribution in [0.4, 0.5) is 0 Å². The maximum Gasteiger partial charge on any atom is 0.219 e. The van der Waals surface area contributed by atoms with Gasteiger partial charge in [0.2, 0.25) is 5.91 Å². The number of hydrogen-bond donors (Lipinski definition) is 1. The van der Waals surface area contributed by atoms with Crippen molar-refractivity contribution in [2.45, 2.75) is 57.9 Å². The molecule has 2 atom stereocenters. The fraction of sp³-hybridized carbons (Fsp3) is 0.909. The second-order valence-corrected chi connectivity index (χ2v) is 5.64. The largest absolute Gasteiger partial charge is 0.353 e. The third-order valence-corrected chi connectivity index (χ3v) is 3.13. The molecule has 3 heteroatoms. The summed E-state index contributed by atoms with van der Waals surface area (Å²) in [5.74, 6) is 0.136. The summed E-state index contributed by atoms with van der Waals surface area (Å²) in [5, 5.41) is 3.24. The normalized spacial score (nSPS) is 31.1. The molecule has 1 fully saturated rings. The van der Waals surface area contributed by atoms with Crippen LogP contribution in [0.25, 0.3) is 0 Å². The lowest BCUT2D eigenvalue weighted by molar-refractivity contribution is -0.121. The van der Waals surface area contributed by atoms with Crippen LogP contribution in [0.1, 0.15) is 46.5 Å². The highest BCUT2D eigenvalue weighted by molar-refractivity contribution is 6.20. The summed E-state index contributed by atoms with van der Waals surface area (Å²) in [4.78, 5) is 11.2. The Balaban J connectivity index is 2.50. The van der Waals surface area contributed by atoms with Crippen LogP contribution < -0.4 is 5.32 Å². The zero-order valence-electron chi connectivity index (χ0n) is 9.27. The van der Waals surface area contributed by atoms with Gasteiger partial charge >= 0.3 is 0 Å². The first-order chi connectivity index (χ1) is 6.43. The van der Waals surface area contributed by atoms with Gasteiger partial charge in [0, 0.05) is 17.8 Å². The Kier molecular flexibility index (Phi) is 3.82. The van der Waals surface area contributed by atoms with E-state index in [9.17, 15) is 4.79 Å². The molecule has 2 nitrogen and oxygen atoms in total. The van der Waals surface area contributed by atoms with E-state index >= 15 is 0 Å². The summed E-state index contributed by atoms with van der Waals surface area (Å²) >= 11 is 6.17. The molecule has 0 saturated heterocycles. The molecule has 0 radical (unpaired) electrons. The molecule has 0 aromatic heterocycles. The van der Waals surface area contributed by atoms with Crippen LogP contribution in [0.5, 0.6) is 0 Å². The van der Waals surface area contributed by atoms with Crippen LogP contribution in [-0.4, -0.2) is 17.3 Å². The van der Waals surface area contributed by atoms with Crippen LogP contribution >= 0.6 is 11.6 Å². The summed E-state index contributed by atoms with van der Waals surface area (Å²) < 4.78 is 0. The van der Waals surface area contributed by atoms with E-state index in [1.54, 1.807) is 0 Å². The van der Waals surface area contributed by atoms with Gasteiger partial charge in [-0.05, 0) is 24.7 Å². The van der Waals surface area contributed by atoms with Crippen molar-refractivity contribution in [3.8, 4) is 0 Å². The molecule has 1 saturated carbocycles.